The Labute approximate surface area is 140 Å². The van der Waals surface area contributed by atoms with Crippen LogP contribution < -0.4 is 4.90 Å². The highest BCUT2D eigenvalue weighted by Crippen LogP contribution is 2.31. The normalized spacial score (nSPS) is 14.0. The van der Waals surface area contributed by atoms with Gasteiger partial charge < -0.3 is 4.90 Å². The minimum Gasteiger partial charge on any atom is -0.343 e. The summed E-state index contributed by atoms with van der Waals surface area (Å²) < 4.78 is 3.21. The molecule has 0 aliphatic carbocycles. The van der Waals surface area contributed by atoms with E-state index in [9.17, 15) is 0 Å². The Balaban J connectivity index is 1.69. The highest BCUT2D eigenvalue weighted by atomic mass is 79.9. The fraction of sp³-hybridized carbons (Fsp3) is 0.133. The van der Waals surface area contributed by atoms with Gasteiger partial charge in [-0.2, -0.15) is 0 Å². The maximum Gasteiger partial charge on any atom is 0.194 e. The average molecular weight is 374 g/mol. The van der Waals surface area contributed by atoms with Gasteiger partial charge in [0.15, 0.2) is 11.0 Å². The highest BCUT2D eigenvalue weighted by Gasteiger charge is 2.22. The second kappa shape index (κ2) is 5.73. The third-order valence-corrected chi connectivity index (χ3v) is 5.04. The van der Waals surface area contributed by atoms with Crippen molar-refractivity contribution in [1.82, 2.24) is 19.7 Å². The molecule has 7 heteroatoms. The predicted octanol–water partition coefficient (Wildman–Crippen LogP) is 3.63. The van der Waals surface area contributed by atoms with Crippen molar-refractivity contribution >= 4 is 33.4 Å². The van der Waals surface area contributed by atoms with Crippen molar-refractivity contribution in [2.45, 2.75) is 11.8 Å². The van der Waals surface area contributed by atoms with Crippen LogP contribution in [0.4, 0.5) is 5.69 Å². The van der Waals surface area contributed by atoms with Crippen LogP contribution in [0.2, 0.25) is 0 Å². The number of benzene rings is 1. The molecule has 3 heterocycles. The number of thioether (sulfide) groups is 1. The van der Waals surface area contributed by atoms with E-state index in [2.05, 4.69) is 52.7 Å². The summed E-state index contributed by atoms with van der Waals surface area (Å²) in [4.78, 5) is 6.36. The van der Waals surface area contributed by atoms with Gasteiger partial charge in [-0.3, -0.25) is 9.55 Å². The maximum absolute atomic E-state index is 4.36. The van der Waals surface area contributed by atoms with Crippen LogP contribution in [0.15, 0.2) is 58.4 Å². The van der Waals surface area contributed by atoms with Crippen LogP contribution >= 0.6 is 27.7 Å². The number of rotatable bonds is 2. The molecule has 0 bridgehead atoms. The van der Waals surface area contributed by atoms with E-state index in [1.165, 1.54) is 0 Å². The largest absolute Gasteiger partial charge is 0.343 e. The summed E-state index contributed by atoms with van der Waals surface area (Å²) in [7, 11) is 0. The van der Waals surface area contributed by atoms with E-state index in [0.717, 1.165) is 39.2 Å². The summed E-state index contributed by atoms with van der Waals surface area (Å²) in [5.74, 6) is 1.76. The van der Waals surface area contributed by atoms with E-state index in [0.29, 0.717) is 0 Å². The van der Waals surface area contributed by atoms with Gasteiger partial charge in [-0.15, -0.1) is 10.2 Å². The Morgan fingerprint density at radius 2 is 1.77 bits per heavy atom. The number of pyridine rings is 1. The van der Waals surface area contributed by atoms with E-state index >= 15 is 0 Å². The average Bonchev–Trinajstić information content (AvgIpc) is 2.99. The van der Waals surface area contributed by atoms with Crippen LogP contribution in [0.5, 0.6) is 0 Å². The third-order valence-electron chi connectivity index (χ3n) is 3.51. The Morgan fingerprint density at radius 1 is 1.00 bits per heavy atom. The zero-order valence-corrected chi connectivity index (χ0v) is 14.0. The SMILES string of the molecule is Brc1ccc(-c2nnc3n2CN(c2ccncc2)CS3)cc1. The van der Waals surface area contributed by atoms with E-state index < -0.39 is 0 Å². The Bertz CT molecular complexity index is 787. The molecule has 1 aromatic carbocycles. The molecular weight excluding hydrogens is 362 g/mol. The Hall–Kier alpha value is -1.86. The molecule has 1 aliphatic heterocycles. The quantitative estimate of drug-likeness (QED) is 0.686. The molecule has 0 atom stereocenters. The Morgan fingerprint density at radius 3 is 2.55 bits per heavy atom. The van der Waals surface area contributed by atoms with E-state index in [1.54, 1.807) is 11.8 Å². The maximum atomic E-state index is 4.36. The summed E-state index contributed by atoms with van der Waals surface area (Å²) in [6, 6.07) is 12.2. The first-order valence-electron chi connectivity index (χ1n) is 6.78. The molecule has 4 rings (SSSR count). The minimum absolute atomic E-state index is 0.741. The molecule has 0 N–H and O–H groups in total. The van der Waals surface area contributed by atoms with Crippen LogP contribution in [-0.4, -0.2) is 25.6 Å². The van der Waals surface area contributed by atoms with Gasteiger partial charge in [-0.1, -0.05) is 39.8 Å². The van der Waals surface area contributed by atoms with Gasteiger partial charge in [0.05, 0.1) is 12.5 Å². The van der Waals surface area contributed by atoms with Gasteiger partial charge in [0.1, 0.15) is 0 Å². The summed E-state index contributed by atoms with van der Waals surface area (Å²) in [5, 5.41) is 9.63. The van der Waals surface area contributed by atoms with E-state index in [-0.39, 0.29) is 0 Å². The number of halogens is 1. The molecule has 0 amide bonds. The lowest BCUT2D eigenvalue weighted by molar-refractivity contribution is 0.608. The van der Waals surface area contributed by atoms with Gasteiger partial charge in [0.2, 0.25) is 0 Å². The van der Waals surface area contributed by atoms with E-state index in [1.807, 2.05) is 36.7 Å². The number of hydrogen-bond acceptors (Lipinski definition) is 5. The molecule has 0 fully saturated rings. The molecule has 0 unspecified atom stereocenters. The van der Waals surface area contributed by atoms with Crippen LogP contribution in [0.25, 0.3) is 11.4 Å². The summed E-state index contributed by atoms with van der Waals surface area (Å²) in [6.45, 7) is 0.741. The van der Waals surface area contributed by atoms with Crippen LogP contribution in [0.1, 0.15) is 0 Å². The lowest BCUT2D eigenvalue weighted by Crippen LogP contribution is -2.30. The first-order valence-corrected chi connectivity index (χ1v) is 8.56. The number of fused-ring (bicyclic) bond motifs is 1. The smallest absolute Gasteiger partial charge is 0.194 e. The van der Waals surface area contributed by atoms with Crippen molar-refractivity contribution in [2.24, 2.45) is 0 Å². The molecule has 1 aliphatic rings. The van der Waals surface area contributed by atoms with Gasteiger partial charge >= 0.3 is 0 Å². The zero-order valence-electron chi connectivity index (χ0n) is 11.6. The molecule has 3 aromatic rings. The topological polar surface area (TPSA) is 46.8 Å². The van der Waals surface area contributed by atoms with E-state index in [4.69, 9.17) is 0 Å². The first-order chi connectivity index (χ1) is 10.8. The standard InChI is InChI=1S/C15H12BrN5S/c16-12-3-1-11(2-4-12)14-18-19-15-21(14)9-20(10-22-15)13-5-7-17-8-6-13/h1-8H,9-10H2. The van der Waals surface area contributed by atoms with Gasteiger partial charge in [-0.05, 0) is 24.3 Å². The molecule has 110 valence electrons. The lowest BCUT2D eigenvalue weighted by atomic mass is 10.2. The fourth-order valence-corrected chi connectivity index (χ4v) is 3.56. The summed E-state index contributed by atoms with van der Waals surface area (Å²) >= 11 is 5.16. The molecule has 0 radical (unpaired) electrons. The fourth-order valence-electron chi connectivity index (χ4n) is 2.39. The molecule has 5 nitrogen and oxygen atoms in total. The van der Waals surface area contributed by atoms with Crippen molar-refractivity contribution in [2.75, 3.05) is 10.8 Å². The third kappa shape index (κ3) is 2.50. The van der Waals surface area contributed by atoms with Gasteiger partial charge in [0, 0.05) is 28.1 Å². The predicted molar refractivity (Wildman–Crippen MR) is 90.6 cm³/mol. The van der Waals surface area contributed by atoms with Crippen molar-refractivity contribution < 1.29 is 0 Å². The van der Waals surface area contributed by atoms with Gasteiger partial charge in [-0.25, -0.2) is 0 Å². The molecule has 0 saturated heterocycles. The van der Waals surface area contributed by atoms with Crippen molar-refractivity contribution in [3.05, 3.63) is 53.3 Å². The number of nitrogens with zero attached hydrogens (tertiary/aromatic N) is 5. The molecule has 0 saturated carbocycles. The molecule has 2 aromatic heterocycles. The van der Waals surface area contributed by atoms with Crippen LogP contribution in [0.3, 0.4) is 0 Å². The van der Waals surface area contributed by atoms with Gasteiger partial charge in [0.25, 0.3) is 0 Å². The monoisotopic (exact) mass is 373 g/mol. The van der Waals surface area contributed by atoms with Crippen molar-refractivity contribution in [1.29, 1.82) is 0 Å². The zero-order chi connectivity index (χ0) is 14.9. The van der Waals surface area contributed by atoms with Crippen molar-refractivity contribution in [3.8, 4) is 11.4 Å². The second-order valence-electron chi connectivity index (χ2n) is 4.90. The lowest BCUT2D eigenvalue weighted by Gasteiger charge is -2.29. The highest BCUT2D eigenvalue weighted by molar-refractivity contribution is 9.10. The first kappa shape index (κ1) is 13.8. The molecular formula is C15H12BrN5S. The number of hydrogen-bond donors (Lipinski definition) is 0. The molecule has 0 spiro atoms. The summed E-state index contributed by atoms with van der Waals surface area (Å²) in [5.41, 5.74) is 2.22. The number of anilines is 1. The number of aromatic nitrogens is 4. The Kier molecular flexibility index (Phi) is 3.59. The second-order valence-corrected chi connectivity index (χ2v) is 6.73. The molecule has 22 heavy (non-hydrogen) atoms. The van der Waals surface area contributed by atoms with Crippen molar-refractivity contribution in [3.63, 3.8) is 0 Å². The van der Waals surface area contributed by atoms with Crippen LogP contribution in [0, 0.1) is 0 Å². The van der Waals surface area contributed by atoms with Crippen LogP contribution in [-0.2, 0) is 6.67 Å². The minimum atomic E-state index is 0.741. The summed E-state index contributed by atoms with van der Waals surface area (Å²) in [6.07, 6.45) is 3.63.